The summed E-state index contributed by atoms with van der Waals surface area (Å²) < 4.78 is 0.900. The molecular formula is C14H17BrN2O2. The van der Waals surface area contributed by atoms with Crippen LogP contribution in [0.15, 0.2) is 22.7 Å². The smallest absolute Gasteiger partial charge is 0.237 e. The summed E-state index contributed by atoms with van der Waals surface area (Å²) in [6, 6.07) is 5.35. The fraction of sp³-hybridized carbons (Fsp3) is 0.429. The molecule has 1 fully saturated rings. The molecule has 0 bridgehead atoms. The van der Waals surface area contributed by atoms with Gasteiger partial charge in [0.05, 0.1) is 6.04 Å². The molecule has 1 atom stereocenters. The van der Waals surface area contributed by atoms with Gasteiger partial charge in [-0.25, -0.2) is 0 Å². The number of benzene rings is 1. The predicted octanol–water partition coefficient (Wildman–Crippen LogP) is 2.02. The zero-order valence-corrected chi connectivity index (χ0v) is 12.4. The number of nitrogens with one attached hydrogen (secondary N) is 2. The first-order chi connectivity index (χ1) is 9.08. The van der Waals surface area contributed by atoms with Crippen LogP contribution in [-0.2, 0) is 11.3 Å². The van der Waals surface area contributed by atoms with Gasteiger partial charge in [0.25, 0.3) is 0 Å². The first-order valence-electron chi connectivity index (χ1n) is 6.38. The first kappa shape index (κ1) is 14.2. The highest BCUT2D eigenvalue weighted by atomic mass is 79.9. The van der Waals surface area contributed by atoms with E-state index in [0.717, 1.165) is 29.4 Å². The van der Waals surface area contributed by atoms with E-state index < -0.39 is 0 Å². The van der Waals surface area contributed by atoms with Crippen molar-refractivity contribution >= 4 is 27.6 Å². The van der Waals surface area contributed by atoms with Gasteiger partial charge in [0.1, 0.15) is 0 Å². The molecule has 0 saturated carbocycles. The Kier molecular flexibility index (Phi) is 4.71. The third kappa shape index (κ3) is 3.64. The largest absolute Gasteiger partial charge is 0.351 e. The van der Waals surface area contributed by atoms with E-state index in [9.17, 15) is 9.59 Å². The number of hydrogen-bond donors (Lipinski definition) is 2. The molecule has 102 valence electrons. The number of hydrogen-bond acceptors (Lipinski definition) is 3. The van der Waals surface area contributed by atoms with Gasteiger partial charge >= 0.3 is 0 Å². The van der Waals surface area contributed by atoms with Crippen LogP contribution in [-0.4, -0.2) is 24.3 Å². The molecule has 5 heteroatoms. The summed E-state index contributed by atoms with van der Waals surface area (Å²) in [6.07, 6.45) is 1.93. The lowest BCUT2D eigenvalue weighted by Crippen LogP contribution is -2.40. The van der Waals surface area contributed by atoms with Crippen molar-refractivity contribution in [2.45, 2.75) is 32.4 Å². The summed E-state index contributed by atoms with van der Waals surface area (Å²) in [5, 5.41) is 6.06. The van der Waals surface area contributed by atoms with E-state index in [2.05, 4.69) is 26.6 Å². The summed E-state index contributed by atoms with van der Waals surface area (Å²) in [4.78, 5) is 23.2. The summed E-state index contributed by atoms with van der Waals surface area (Å²) >= 11 is 3.43. The van der Waals surface area contributed by atoms with E-state index in [1.807, 2.05) is 12.1 Å². The number of carbonyl (C=O) groups is 2. The number of amides is 1. The van der Waals surface area contributed by atoms with Crippen LogP contribution in [0.2, 0.25) is 0 Å². The van der Waals surface area contributed by atoms with E-state index in [4.69, 9.17) is 0 Å². The Hall–Kier alpha value is -1.20. The molecule has 1 aromatic rings. The van der Waals surface area contributed by atoms with Crippen molar-refractivity contribution in [1.82, 2.24) is 10.6 Å². The third-order valence-electron chi connectivity index (χ3n) is 3.28. The molecule has 4 nitrogen and oxygen atoms in total. The van der Waals surface area contributed by atoms with Gasteiger partial charge in [-0.3, -0.25) is 9.59 Å². The minimum atomic E-state index is -0.0743. The van der Waals surface area contributed by atoms with Crippen molar-refractivity contribution < 1.29 is 9.59 Å². The lowest BCUT2D eigenvalue weighted by Gasteiger charge is -2.12. The molecule has 1 aromatic carbocycles. The van der Waals surface area contributed by atoms with Crippen molar-refractivity contribution in [2.75, 3.05) is 6.54 Å². The van der Waals surface area contributed by atoms with E-state index >= 15 is 0 Å². The number of Topliss-reactive ketones (excluding diaryl/α,β-unsaturated/α-hetero) is 1. The Bertz CT molecular complexity index is 496. The number of ketones is 1. The van der Waals surface area contributed by atoms with Gasteiger partial charge in [0.15, 0.2) is 5.78 Å². The highest BCUT2D eigenvalue weighted by molar-refractivity contribution is 9.10. The van der Waals surface area contributed by atoms with Gasteiger partial charge in [-0.15, -0.1) is 0 Å². The molecule has 1 saturated heterocycles. The molecule has 1 amide bonds. The molecule has 1 aliphatic rings. The second-order valence-corrected chi connectivity index (χ2v) is 5.58. The number of rotatable bonds is 4. The second kappa shape index (κ2) is 6.30. The quantitative estimate of drug-likeness (QED) is 0.833. The van der Waals surface area contributed by atoms with Crippen molar-refractivity contribution in [2.24, 2.45) is 0 Å². The monoisotopic (exact) mass is 324 g/mol. The van der Waals surface area contributed by atoms with Crippen molar-refractivity contribution in [3.05, 3.63) is 33.8 Å². The molecule has 0 radical (unpaired) electrons. The minimum absolute atomic E-state index is 0.0255. The molecule has 2 N–H and O–H groups in total. The first-order valence-corrected chi connectivity index (χ1v) is 7.17. The van der Waals surface area contributed by atoms with Gasteiger partial charge in [-0.1, -0.05) is 22.0 Å². The summed E-state index contributed by atoms with van der Waals surface area (Å²) in [6.45, 7) is 2.87. The van der Waals surface area contributed by atoms with Crippen molar-refractivity contribution in [3.63, 3.8) is 0 Å². The molecule has 0 unspecified atom stereocenters. The third-order valence-corrected chi connectivity index (χ3v) is 4.06. The van der Waals surface area contributed by atoms with Crippen LogP contribution in [0.1, 0.15) is 35.7 Å². The van der Waals surface area contributed by atoms with Gasteiger partial charge in [-0.05, 0) is 44.0 Å². The van der Waals surface area contributed by atoms with Crippen LogP contribution in [0.5, 0.6) is 0 Å². The zero-order chi connectivity index (χ0) is 13.8. The molecule has 2 rings (SSSR count). The van der Waals surface area contributed by atoms with Crippen LogP contribution < -0.4 is 10.6 Å². The fourth-order valence-electron chi connectivity index (χ4n) is 2.14. The lowest BCUT2D eigenvalue weighted by atomic mass is 10.1. The second-order valence-electron chi connectivity index (χ2n) is 4.73. The van der Waals surface area contributed by atoms with Gasteiger partial charge < -0.3 is 10.6 Å². The van der Waals surface area contributed by atoms with Crippen LogP contribution in [0.25, 0.3) is 0 Å². The van der Waals surface area contributed by atoms with Crippen molar-refractivity contribution in [1.29, 1.82) is 0 Å². The van der Waals surface area contributed by atoms with E-state index in [-0.39, 0.29) is 17.7 Å². The SMILES string of the molecule is CC(=O)c1ccc(Br)c(CNC(=O)[C@@H]2CCCN2)c1. The Balaban J connectivity index is 2.00. The summed E-state index contributed by atoms with van der Waals surface area (Å²) in [5.74, 6) is 0.0511. The molecule has 0 aliphatic carbocycles. The van der Waals surface area contributed by atoms with Gasteiger partial charge in [0, 0.05) is 16.6 Å². The van der Waals surface area contributed by atoms with Gasteiger partial charge in [0.2, 0.25) is 5.91 Å². The normalized spacial score (nSPS) is 18.3. The van der Waals surface area contributed by atoms with Crippen LogP contribution in [0, 0.1) is 0 Å². The van der Waals surface area contributed by atoms with Crippen LogP contribution in [0.4, 0.5) is 0 Å². The Morgan fingerprint density at radius 1 is 1.47 bits per heavy atom. The maximum Gasteiger partial charge on any atom is 0.237 e. The van der Waals surface area contributed by atoms with Crippen molar-refractivity contribution in [3.8, 4) is 0 Å². The molecule has 1 heterocycles. The van der Waals surface area contributed by atoms with Crippen LogP contribution >= 0.6 is 15.9 Å². The van der Waals surface area contributed by atoms with Crippen LogP contribution in [0.3, 0.4) is 0 Å². The maximum absolute atomic E-state index is 11.9. The molecule has 19 heavy (non-hydrogen) atoms. The minimum Gasteiger partial charge on any atom is -0.351 e. The maximum atomic E-state index is 11.9. The molecular weight excluding hydrogens is 308 g/mol. The summed E-state index contributed by atoms with van der Waals surface area (Å²) in [5.41, 5.74) is 1.57. The highest BCUT2D eigenvalue weighted by Crippen LogP contribution is 2.19. The molecule has 0 aromatic heterocycles. The average Bonchev–Trinajstić information content (AvgIpc) is 2.91. The Morgan fingerprint density at radius 3 is 2.89 bits per heavy atom. The summed E-state index contributed by atoms with van der Waals surface area (Å²) in [7, 11) is 0. The van der Waals surface area contributed by atoms with E-state index in [0.29, 0.717) is 12.1 Å². The fourth-order valence-corrected chi connectivity index (χ4v) is 2.53. The average molecular weight is 325 g/mol. The standard InChI is InChI=1S/C14H17BrN2O2/c1-9(18)10-4-5-12(15)11(7-10)8-17-14(19)13-3-2-6-16-13/h4-5,7,13,16H,2-3,6,8H2,1H3,(H,17,19)/t13-/m0/s1. The van der Waals surface area contributed by atoms with E-state index in [1.165, 1.54) is 6.92 Å². The highest BCUT2D eigenvalue weighted by Gasteiger charge is 2.21. The predicted molar refractivity (Wildman–Crippen MR) is 77.0 cm³/mol. The Labute approximate surface area is 121 Å². The lowest BCUT2D eigenvalue weighted by molar-refractivity contribution is -0.122. The zero-order valence-electron chi connectivity index (χ0n) is 10.8. The number of halogens is 1. The number of carbonyl (C=O) groups excluding carboxylic acids is 2. The Morgan fingerprint density at radius 2 is 2.26 bits per heavy atom. The van der Waals surface area contributed by atoms with E-state index in [1.54, 1.807) is 6.07 Å². The molecule has 0 spiro atoms. The van der Waals surface area contributed by atoms with Gasteiger partial charge in [-0.2, -0.15) is 0 Å². The molecule has 1 aliphatic heterocycles. The topological polar surface area (TPSA) is 58.2 Å².